The first-order valence-electron chi connectivity index (χ1n) is 6.86. The van der Waals surface area contributed by atoms with Gasteiger partial charge in [0, 0.05) is 4.47 Å². The standard InChI is InChI=1S/C16H13BrN2O3S/c17-13-7-4-8-14(10-13)23(20,21)11-16-19-18-15(22-16)9-12-5-2-1-3-6-12/h1-8,10H,9,11H2. The van der Waals surface area contributed by atoms with Crippen molar-refractivity contribution in [3.63, 3.8) is 0 Å². The summed E-state index contributed by atoms with van der Waals surface area (Å²) in [5.74, 6) is 0.178. The number of aromatic nitrogens is 2. The highest BCUT2D eigenvalue weighted by molar-refractivity contribution is 9.10. The Hall–Kier alpha value is -1.99. The molecule has 2 aromatic carbocycles. The molecular formula is C16H13BrN2O3S. The van der Waals surface area contributed by atoms with Gasteiger partial charge in [-0.15, -0.1) is 10.2 Å². The molecule has 5 nitrogen and oxygen atoms in total. The van der Waals surface area contributed by atoms with Crippen molar-refractivity contribution in [3.8, 4) is 0 Å². The minimum atomic E-state index is -3.52. The molecule has 1 aromatic heterocycles. The lowest BCUT2D eigenvalue weighted by Gasteiger charge is -2.02. The van der Waals surface area contributed by atoms with E-state index in [1.54, 1.807) is 24.3 Å². The van der Waals surface area contributed by atoms with E-state index < -0.39 is 9.84 Å². The maximum Gasteiger partial charge on any atom is 0.231 e. The van der Waals surface area contributed by atoms with Crippen LogP contribution in [0, 0.1) is 0 Å². The third-order valence-corrected chi connectivity index (χ3v) is 5.27. The molecule has 0 radical (unpaired) electrons. The van der Waals surface area contributed by atoms with Crippen molar-refractivity contribution in [2.75, 3.05) is 0 Å². The average molecular weight is 393 g/mol. The van der Waals surface area contributed by atoms with Gasteiger partial charge < -0.3 is 4.42 Å². The minimum Gasteiger partial charge on any atom is -0.424 e. The Balaban J connectivity index is 1.76. The van der Waals surface area contributed by atoms with Crippen LogP contribution in [0.3, 0.4) is 0 Å². The van der Waals surface area contributed by atoms with Gasteiger partial charge in [-0.05, 0) is 23.8 Å². The van der Waals surface area contributed by atoms with Crippen molar-refractivity contribution in [2.45, 2.75) is 17.1 Å². The summed E-state index contributed by atoms with van der Waals surface area (Å²) in [4.78, 5) is 0.217. The predicted molar refractivity (Wildman–Crippen MR) is 88.6 cm³/mol. The highest BCUT2D eigenvalue weighted by Gasteiger charge is 2.20. The number of nitrogens with zero attached hydrogens (tertiary/aromatic N) is 2. The number of rotatable bonds is 5. The van der Waals surface area contributed by atoms with Crippen molar-refractivity contribution < 1.29 is 12.8 Å². The van der Waals surface area contributed by atoms with E-state index in [-0.39, 0.29) is 16.5 Å². The number of hydrogen-bond donors (Lipinski definition) is 0. The summed E-state index contributed by atoms with van der Waals surface area (Å²) in [5.41, 5.74) is 1.03. The molecular weight excluding hydrogens is 380 g/mol. The van der Waals surface area contributed by atoms with Gasteiger partial charge >= 0.3 is 0 Å². The zero-order valence-electron chi connectivity index (χ0n) is 12.0. The van der Waals surface area contributed by atoms with Gasteiger partial charge in [0.1, 0.15) is 5.75 Å². The highest BCUT2D eigenvalue weighted by atomic mass is 79.9. The summed E-state index contributed by atoms with van der Waals surface area (Å²) in [6.45, 7) is 0. The lowest BCUT2D eigenvalue weighted by Crippen LogP contribution is -2.05. The summed E-state index contributed by atoms with van der Waals surface area (Å²) in [6.07, 6.45) is 0.477. The van der Waals surface area contributed by atoms with Gasteiger partial charge in [-0.3, -0.25) is 0 Å². The maximum atomic E-state index is 12.4. The molecule has 0 atom stereocenters. The first kappa shape index (κ1) is 15.9. The van der Waals surface area contributed by atoms with E-state index >= 15 is 0 Å². The van der Waals surface area contributed by atoms with Crippen LogP contribution >= 0.6 is 15.9 Å². The van der Waals surface area contributed by atoms with Crippen LogP contribution in [0.1, 0.15) is 17.3 Å². The fourth-order valence-electron chi connectivity index (χ4n) is 2.09. The molecule has 118 valence electrons. The Morgan fingerprint density at radius 2 is 1.70 bits per heavy atom. The zero-order chi connectivity index (χ0) is 16.3. The number of hydrogen-bond acceptors (Lipinski definition) is 5. The number of sulfone groups is 1. The first-order valence-corrected chi connectivity index (χ1v) is 9.31. The number of halogens is 1. The second-order valence-corrected chi connectivity index (χ2v) is 7.87. The molecule has 0 saturated heterocycles. The quantitative estimate of drug-likeness (QED) is 0.665. The van der Waals surface area contributed by atoms with Gasteiger partial charge in [0.15, 0.2) is 9.84 Å². The molecule has 0 N–H and O–H groups in total. The van der Waals surface area contributed by atoms with Gasteiger partial charge in [-0.25, -0.2) is 8.42 Å². The van der Waals surface area contributed by atoms with Crippen LogP contribution in [0.4, 0.5) is 0 Å². The van der Waals surface area contributed by atoms with E-state index in [2.05, 4.69) is 26.1 Å². The molecule has 0 aliphatic heterocycles. The van der Waals surface area contributed by atoms with E-state index in [1.165, 1.54) is 0 Å². The molecule has 0 saturated carbocycles. The molecule has 7 heteroatoms. The lowest BCUT2D eigenvalue weighted by molar-refractivity contribution is 0.469. The molecule has 23 heavy (non-hydrogen) atoms. The van der Waals surface area contributed by atoms with Gasteiger partial charge in [0.2, 0.25) is 11.8 Å². The van der Waals surface area contributed by atoms with Gasteiger partial charge in [0.25, 0.3) is 0 Å². The normalized spacial score (nSPS) is 11.5. The molecule has 0 unspecified atom stereocenters. The summed E-state index contributed by atoms with van der Waals surface area (Å²) < 4.78 is 30.9. The van der Waals surface area contributed by atoms with Gasteiger partial charge in [0.05, 0.1) is 11.3 Å². The average Bonchev–Trinajstić information content (AvgIpc) is 2.94. The van der Waals surface area contributed by atoms with Crippen molar-refractivity contribution in [1.82, 2.24) is 10.2 Å². The molecule has 0 fully saturated rings. The monoisotopic (exact) mass is 392 g/mol. The van der Waals surface area contributed by atoms with Crippen molar-refractivity contribution in [1.29, 1.82) is 0 Å². The lowest BCUT2D eigenvalue weighted by atomic mass is 10.2. The smallest absolute Gasteiger partial charge is 0.231 e. The van der Waals surface area contributed by atoms with Gasteiger partial charge in [-0.1, -0.05) is 52.3 Å². The highest BCUT2D eigenvalue weighted by Crippen LogP contribution is 2.20. The van der Waals surface area contributed by atoms with Crippen LogP contribution in [-0.4, -0.2) is 18.6 Å². The van der Waals surface area contributed by atoms with E-state index in [9.17, 15) is 8.42 Å². The molecule has 1 heterocycles. The van der Waals surface area contributed by atoms with Crippen molar-refractivity contribution in [3.05, 3.63) is 76.4 Å². The summed E-state index contributed by atoms with van der Waals surface area (Å²) in [6, 6.07) is 16.2. The SMILES string of the molecule is O=S(=O)(Cc1nnc(Cc2ccccc2)o1)c1cccc(Br)c1. The Bertz CT molecular complexity index is 908. The molecule has 0 amide bonds. The number of benzene rings is 2. The summed E-state index contributed by atoms with van der Waals surface area (Å²) in [5, 5.41) is 7.75. The second kappa shape index (κ2) is 6.64. The van der Waals surface area contributed by atoms with Crippen LogP contribution in [0.25, 0.3) is 0 Å². The molecule has 3 aromatic rings. The largest absolute Gasteiger partial charge is 0.424 e. The Morgan fingerprint density at radius 1 is 0.957 bits per heavy atom. The topological polar surface area (TPSA) is 73.1 Å². The third kappa shape index (κ3) is 4.05. The fraction of sp³-hybridized carbons (Fsp3) is 0.125. The Kier molecular flexibility index (Phi) is 4.58. The zero-order valence-corrected chi connectivity index (χ0v) is 14.4. The molecule has 0 aliphatic carbocycles. The fourth-order valence-corrected chi connectivity index (χ4v) is 3.85. The first-order chi connectivity index (χ1) is 11.0. The second-order valence-electron chi connectivity index (χ2n) is 4.97. The van der Waals surface area contributed by atoms with E-state index in [1.807, 2.05) is 30.3 Å². The molecule has 3 rings (SSSR count). The third-order valence-electron chi connectivity index (χ3n) is 3.18. The van der Waals surface area contributed by atoms with Crippen LogP contribution < -0.4 is 0 Å². The van der Waals surface area contributed by atoms with E-state index in [0.29, 0.717) is 16.8 Å². The molecule has 0 bridgehead atoms. The van der Waals surface area contributed by atoms with E-state index in [0.717, 1.165) is 5.56 Å². The predicted octanol–water partition coefficient (Wildman–Crippen LogP) is 3.40. The van der Waals surface area contributed by atoms with Crippen molar-refractivity contribution in [2.24, 2.45) is 0 Å². The molecule has 0 aliphatic rings. The van der Waals surface area contributed by atoms with Gasteiger partial charge in [-0.2, -0.15) is 0 Å². The van der Waals surface area contributed by atoms with Crippen LogP contribution in [-0.2, 0) is 22.0 Å². The Labute approximate surface area is 142 Å². The van der Waals surface area contributed by atoms with Crippen molar-refractivity contribution >= 4 is 25.8 Å². The maximum absolute atomic E-state index is 12.4. The van der Waals surface area contributed by atoms with Crippen LogP contribution in [0.15, 0.2) is 68.4 Å². The minimum absolute atomic E-state index is 0.0934. The summed E-state index contributed by atoms with van der Waals surface area (Å²) >= 11 is 3.27. The Morgan fingerprint density at radius 3 is 2.43 bits per heavy atom. The van der Waals surface area contributed by atoms with Crippen LogP contribution in [0.5, 0.6) is 0 Å². The summed E-state index contributed by atoms with van der Waals surface area (Å²) in [7, 11) is -3.52. The molecule has 0 spiro atoms. The van der Waals surface area contributed by atoms with E-state index in [4.69, 9.17) is 4.42 Å². The van der Waals surface area contributed by atoms with Crippen LogP contribution in [0.2, 0.25) is 0 Å².